The van der Waals surface area contributed by atoms with Crippen molar-refractivity contribution in [2.45, 2.75) is 76.7 Å². The lowest BCUT2D eigenvalue weighted by Crippen LogP contribution is -2.51. The van der Waals surface area contributed by atoms with Gasteiger partial charge in [0.15, 0.2) is 0 Å². The van der Waals surface area contributed by atoms with Crippen LogP contribution < -0.4 is 4.90 Å². The minimum Gasteiger partial charge on any atom is -0.361 e. The lowest BCUT2D eigenvalue weighted by Gasteiger charge is -2.37. The summed E-state index contributed by atoms with van der Waals surface area (Å²) in [5.41, 5.74) is 2.85. The van der Waals surface area contributed by atoms with E-state index in [4.69, 9.17) is 0 Å². The van der Waals surface area contributed by atoms with E-state index in [1.807, 2.05) is 24.3 Å². The Morgan fingerprint density at radius 1 is 1.00 bits per heavy atom. The lowest BCUT2D eigenvalue weighted by molar-refractivity contribution is -0.182. The first-order valence-electron chi connectivity index (χ1n) is 13.4. The molecule has 11 heteroatoms. The Balaban J connectivity index is 1.42. The van der Waals surface area contributed by atoms with E-state index in [9.17, 15) is 21.6 Å². The van der Waals surface area contributed by atoms with Crippen molar-refractivity contribution in [1.29, 1.82) is 0 Å². The topological polar surface area (TPSA) is 72.5 Å². The first-order valence-corrected chi connectivity index (χ1v) is 14.7. The Kier molecular flexibility index (Phi) is 7.83. The van der Waals surface area contributed by atoms with E-state index in [0.717, 1.165) is 29.8 Å². The largest absolute Gasteiger partial charge is 0.391 e. The summed E-state index contributed by atoms with van der Waals surface area (Å²) in [5.74, 6) is -0.771. The van der Waals surface area contributed by atoms with Gasteiger partial charge in [-0.2, -0.15) is 30.2 Å². The zero-order chi connectivity index (χ0) is 26.0. The quantitative estimate of drug-likeness (QED) is 0.532. The highest BCUT2D eigenvalue weighted by molar-refractivity contribution is 7.86. The number of anilines is 1. The van der Waals surface area contributed by atoms with Crippen molar-refractivity contribution in [1.82, 2.24) is 18.6 Å². The van der Waals surface area contributed by atoms with E-state index < -0.39 is 22.3 Å². The third kappa shape index (κ3) is 5.98. The molecule has 1 aromatic heterocycles. The molecule has 3 aliphatic rings. The van der Waals surface area contributed by atoms with Crippen LogP contribution in [0, 0.1) is 11.8 Å². The molecule has 37 heavy (non-hydrogen) atoms. The SMILES string of the molecule is O=S(=O)(N1CCC(C(F)(F)F)CC1)N1Cc2ccccc2N(Cc2cnc[nH]2)[C@@H](CCC2CCCC2)C1. The third-order valence-corrected chi connectivity index (χ3v) is 10.3. The van der Waals surface area contributed by atoms with E-state index in [0.29, 0.717) is 19.0 Å². The summed E-state index contributed by atoms with van der Waals surface area (Å²) in [6.45, 7) is 0.885. The van der Waals surface area contributed by atoms with Crippen LogP contribution in [-0.2, 0) is 23.3 Å². The molecule has 1 aliphatic carbocycles. The molecule has 1 saturated carbocycles. The van der Waals surface area contributed by atoms with Gasteiger partial charge in [0.25, 0.3) is 10.2 Å². The van der Waals surface area contributed by atoms with Crippen molar-refractivity contribution >= 4 is 15.9 Å². The van der Waals surface area contributed by atoms with Crippen LogP contribution in [0.2, 0.25) is 0 Å². The van der Waals surface area contributed by atoms with Crippen molar-refractivity contribution in [3.8, 4) is 0 Å². The van der Waals surface area contributed by atoms with Gasteiger partial charge in [0.05, 0.1) is 24.5 Å². The molecule has 2 aromatic rings. The molecular weight excluding hydrogens is 503 g/mol. The van der Waals surface area contributed by atoms with Crippen molar-refractivity contribution in [2.75, 3.05) is 24.5 Å². The Labute approximate surface area is 217 Å². The van der Waals surface area contributed by atoms with E-state index >= 15 is 0 Å². The summed E-state index contributed by atoms with van der Waals surface area (Å²) in [7, 11) is -3.92. The highest BCUT2D eigenvalue weighted by atomic mass is 32.2. The van der Waals surface area contributed by atoms with Crippen LogP contribution in [0.3, 0.4) is 0 Å². The Bertz CT molecular complexity index is 1130. The van der Waals surface area contributed by atoms with Crippen LogP contribution in [0.15, 0.2) is 36.8 Å². The average molecular weight is 540 g/mol. The molecule has 0 unspecified atom stereocenters. The van der Waals surface area contributed by atoms with Crippen molar-refractivity contribution in [3.05, 3.63) is 48.0 Å². The highest BCUT2D eigenvalue weighted by Crippen LogP contribution is 2.38. The van der Waals surface area contributed by atoms with Crippen LogP contribution in [0.4, 0.5) is 18.9 Å². The molecule has 3 heterocycles. The first kappa shape index (κ1) is 26.5. The number of hydrogen-bond acceptors (Lipinski definition) is 4. The number of fused-ring (bicyclic) bond motifs is 1. The second kappa shape index (κ2) is 10.9. The van der Waals surface area contributed by atoms with Gasteiger partial charge in [-0.05, 0) is 43.2 Å². The number of piperidine rings is 1. The van der Waals surface area contributed by atoms with E-state index in [2.05, 4.69) is 14.9 Å². The summed E-state index contributed by atoms with van der Waals surface area (Å²) in [5, 5.41) is 0. The number of nitrogens with zero attached hydrogens (tertiary/aromatic N) is 4. The number of benzene rings is 1. The fraction of sp³-hybridized carbons (Fsp3) is 0.654. The summed E-state index contributed by atoms with van der Waals surface area (Å²) in [4.78, 5) is 9.64. The van der Waals surface area contributed by atoms with Crippen LogP contribution >= 0.6 is 0 Å². The van der Waals surface area contributed by atoms with Gasteiger partial charge in [-0.25, -0.2) is 4.98 Å². The third-order valence-electron chi connectivity index (χ3n) is 8.35. The predicted octanol–water partition coefficient (Wildman–Crippen LogP) is 5.09. The van der Waals surface area contributed by atoms with Gasteiger partial charge in [-0.1, -0.05) is 43.9 Å². The number of hydrogen-bond donors (Lipinski definition) is 1. The minimum absolute atomic E-state index is 0.0601. The number of aromatic nitrogens is 2. The van der Waals surface area contributed by atoms with E-state index in [-0.39, 0.29) is 38.5 Å². The molecule has 0 bridgehead atoms. The number of rotatable bonds is 7. The molecule has 204 valence electrons. The molecule has 2 fully saturated rings. The maximum absolute atomic E-state index is 13.8. The number of halogens is 3. The molecule has 1 aromatic carbocycles. The van der Waals surface area contributed by atoms with Crippen LogP contribution in [-0.4, -0.2) is 58.8 Å². The number of H-pyrrole nitrogens is 1. The normalized spacial score (nSPS) is 23.3. The van der Waals surface area contributed by atoms with Crippen molar-refractivity contribution in [3.63, 3.8) is 0 Å². The first-order chi connectivity index (χ1) is 17.7. The fourth-order valence-corrected chi connectivity index (χ4v) is 7.87. The summed E-state index contributed by atoms with van der Waals surface area (Å²) >= 11 is 0. The summed E-state index contributed by atoms with van der Waals surface area (Å²) < 4.78 is 70.0. The summed E-state index contributed by atoms with van der Waals surface area (Å²) in [6.07, 6.45) is 5.63. The molecule has 7 nitrogen and oxygen atoms in total. The minimum atomic E-state index is -4.28. The van der Waals surface area contributed by atoms with E-state index in [1.54, 1.807) is 12.5 Å². The maximum atomic E-state index is 13.8. The van der Waals surface area contributed by atoms with Gasteiger partial charge < -0.3 is 9.88 Å². The van der Waals surface area contributed by atoms with Gasteiger partial charge in [0.2, 0.25) is 0 Å². The number of imidazole rings is 1. The summed E-state index contributed by atoms with van der Waals surface area (Å²) in [6, 6.07) is 7.81. The van der Waals surface area contributed by atoms with Crippen molar-refractivity contribution < 1.29 is 21.6 Å². The second-order valence-electron chi connectivity index (χ2n) is 10.7. The van der Waals surface area contributed by atoms with Crippen molar-refractivity contribution in [2.24, 2.45) is 11.8 Å². The van der Waals surface area contributed by atoms with Gasteiger partial charge >= 0.3 is 6.18 Å². The van der Waals surface area contributed by atoms with E-state index in [1.165, 1.54) is 34.3 Å². The highest BCUT2D eigenvalue weighted by Gasteiger charge is 2.44. The standard InChI is InChI=1S/C26H36F3N5O2S/c27-26(28,29)22-11-13-32(14-12-22)37(35,36)33-16-21-7-3-4-8-25(21)34(17-23-15-30-19-31-23)24(18-33)10-9-20-5-1-2-6-20/h3-4,7-8,15,19-20,22,24H,1-2,5-6,9-14,16-18H2,(H,30,31)/t24-/m0/s1. The smallest absolute Gasteiger partial charge is 0.361 e. The van der Waals surface area contributed by atoms with Gasteiger partial charge in [0.1, 0.15) is 0 Å². The number of aromatic amines is 1. The number of alkyl halides is 3. The lowest BCUT2D eigenvalue weighted by atomic mass is 9.97. The average Bonchev–Trinajstić information content (AvgIpc) is 3.56. The molecule has 1 saturated heterocycles. The van der Waals surface area contributed by atoms with Crippen LogP contribution in [0.25, 0.3) is 0 Å². The fourth-order valence-electron chi connectivity index (χ4n) is 6.21. The molecule has 1 N–H and O–H groups in total. The van der Waals surface area contributed by atoms with Gasteiger partial charge in [-0.15, -0.1) is 0 Å². The molecule has 0 spiro atoms. The number of nitrogens with one attached hydrogen (secondary N) is 1. The molecule has 2 aliphatic heterocycles. The van der Waals surface area contributed by atoms with Gasteiger partial charge in [0, 0.05) is 44.1 Å². The van der Waals surface area contributed by atoms with Gasteiger partial charge in [-0.3, -0.25) is 0 Å². The Morgan fingerprint density at radius 3 is 2.41 bits per heavy atom. The predicted molar refractivity (Wildman–Crippen MR) is 136 cm³/mol. The molecule has 5 rings (SSSR count). The monoisotopic (exact) mass is 539 g/mol. The number of para-hydroxylation sites is 1. The Hall–Kier alpha value is -2.11. The molecule has 1 atom stereocenters. The Morgan fingerprint density at radius 2 is 1.73 bits per heavy atom. The van der Waals surface area contributed by atoms with Crippen LogP contribution in [0.5, 0.6) is 0 Å². The molecule has 0 amide bonds. The van der Waals surface area contributed by atoms with Crippen LogP contribution in [0.1, 0.15) is 62.6 Å². The zero-order valence-corrected chi connectivity index (χ0v) is 21.9. The maximum Gasteiger partial charge on any atom is 0.391 e. The zero-order valence-electron chi connectivity index (χ0n) is 21.0. The molecular formula is C26H36F3N5O2S. The second-order valence-corrected chi connectivity index (χ2v) is 12.7. The molecule has 0 radical (unpaired) electrons.